The summed E-state index contributed by atoms with van der Waals surface area (Å²) < 4.78 is 1.17. The van der Waals surface area contributed by atoms with Gasteiger partial charge in [-0.3, -0.25) is 0 Å². The molecule has 4 heteroatoms. The second kappa shape index (κ2) is 3.62. The van der Waals surface area contributed by atoms with Crippen LogP contribution in [0, 0.1) is 0 Å². The summed E-state index contributed by atoms with van der Waals surface area (Å²) in [4.78, 5) is 4.51. The van der Waals surface area contributed by atoms with Gasteiger partial charge in [0.1, 0.15) is 11.4 Å². The van der Waals surface area contributed by atoms with Crippen molar-refractivity contribution in [3.8, 4) is 11.4 Å². The molecule has 0 bridgehead atoms. The second-order valence-corrected chi connectivity index (χ2v) is 4.85. The molecule has 3 nitrogen and oxygen atoms in total. The van der Waals surface area contributed by atoms with Crippen LogP contribution in [-0.2, 0) is 0 Å². The Balaban J connectivity index is 2.35. The summed E-state index contributed by atoms with van der Waals surface area (Å²) in [5, 5.41) is 12.7. The van der Waals surface area contributed by atoms with E-state index in [1.165, 1.54) is 4.73 Å². The molecule has 0 radical (unpaired) electrons. The molecule has 2 aromatic rings. The van der Waals surface area contributed by atoms with E-state index in [1.54, 1.807) is 0 Å². The Hall–Kier alpha value is -2.26. The highest BCUT2D eigenvalue weighted by Crippen LogP contribution is 2.39. The molecule has 0 unspecified atom stereocenters. The molecule has 1 N–H and O–H groups in total. The van der Waals surface area contributed by atoms with E-state index in [9.17, 15) is 5.21 Å². The number of pyridine rings is 1. The fourth-order valence-electron chi connectivity index (χ4n) is 2.53. The molecule has 2 aliphatic heterocycles. The van der Waals surface area contributed by atoms with Crippen LogP contribution in [0.2, 0.25) is 5.02 Å². The van der Waals surface area contributed by atoms with Crippen molar-refractivity contribution in [2.45, 2.75) is 0 Å². The topological polar surface area (TPSA) is 38.0 Å². The third-order valence-electron chi connectivity index (χ3n) is 3.40. The number of halogens is 1. The van der Waals surface area contributed by atoms with Gasteiger partial charge in [-0.1, -0.05) is 48.0 Å². The fraction of sp³-hybridized carbons (Fsp3) is 0. The number of hydrogen-bond donors (Lipinski definition) is 1. The largest absolute Gasteiger partial charge is 0.428 e. The standard InChI is InChI=1S/C15H9ClN2O/c16-13-10-6-2-4-8-12(10)18(19)15-9-5-1-3-7-11(9)17-14(13)15/h1-8,19H. The molecule has 2 heterocycles. The summed E-state index contributed by atoms with van der Waals surface area (Å²) in [5.41, 5.74) is 2.79. The van der Waals surface area contributed by atoms with Gasteiger partial charge in [-0.2, -0.15) is 4.73 Å². The lowest BCUT2D eigenvalue weighted by Crippen LogP contribution is -2.01. The minimum absolute atomic E-state index is 0.576. The molecule has 4 rings (SSSR count). The van der Waals surface area contributed by atoms with Crippen LogP contribution < -0.4 is 0 Å². The van der Waals surface area contributed by atoms with E-state index < -0.39 is 0 Å². The number of rotatable bonds is 0. The summed E-state index contributed by atoms with van der Waals surface area (Å²) in [6.45, 7) is 0. The maximum Gasteiger partial charge on any atom is 0.117 e. The summed E-state index contributed by atoms with van der Waals surface area (Å²) in [5.74, 6) is 0. The van der Waals surface area contributed by atoms with Crippen LogP contribution in [0.5, 0.6) is 0 Å². The van der Waals surface area contributed by atoms with Gasteiger partial charge in [0.2, 0.25) is 0 Å². The van der Waals surface area contributed by atoms with E-state index in [2.05, 4.69) is 4.98 Å². The van der Waals surface area contributed by atoms with Gasteiger partial charge in [-0.15, -0.1) is 0 Å². The van der Waals surface area contributed by atoms with E-state index in [1.807, 2.05) is 48.5 Å². The highest BCUT2D eigenvalue weighted by atomic mass is 35.5. The zero-order chi connectivity index (χ0) is 13.0. The lowest BCUT2D eigenvalue weighted by molar-refractivity contribution is 0.203. The summed E-state index contributed by atoms with van der Waals surface area (Å²) in [6.07, 6.45) is 0. The minimum atomic E-state index is 0.576. The monoisotopic (exact) mass is 268 g/mol. The van der Waals surface area contributed by atoms with Gasteiger partial charge >= 0.3 is 0 Å². The summed E-state index contributed by atoms with van der Waals surface area (Å²) in [6, 6.07) is 15.2. The molecule has 0 aliphatic carbocycles. The van der Waals surface area contributed by atoms with E-state index >= 15 is 0 Å². The number of nitrogens with zero attached hydrogens (tertiary/aromatic N) is 2. The molecular formula is C15H9ClN2O. The molecule has 0 atom stereocenters. The van der Waals surface area contributed by atoms with Crippen LogP contribution in [-0.4, -0.2) is 14.9 Å². The Labute approximate surface area is 114 Å². The molecule has 2 aromatic carbocycles. The number of benzene rings is 2. The maximum absolute atomic E-state index is 10.4. The predicted molar refractivity (Wildman–Crippen MR) is 76.1 cm³/mol. The van der Waals surface area contributed by atoms with Crippen molar-refractivity contribution < 1.29 is 5.21 Å². The van der Waals surface area contributed by atoms with E-state index in [-0.39, 0.29) is 0 Å². The van der Waals surface area contributed by atoms with Crippen molar-refractivity contribution in [2.24, 2.45) is 0 Å². The van der Waals surface area contributed by atoms with Crippen LogP contribution in [0.3, 0.4) is 0 Å². The third-order valence-corrected chi connectivity index (χ3v) is 3.79. The molecule has 92 valence electrons. The first-order valence-corrected chi connectivity index (χ1v) is 6.32. The normalized spacial score (nSPS) is 11.6. The average molecular weight is 269 g/mol. The first-order chi connectivity index (χ1) is 9.27. The van der Waals surface area contributed by atoms with Gasteiger partial charge in [-0.05, 0) is 12.1 Å². The van der Waals surface area contributed by atoms with Crippen LogP contribution in [0.4, 0.5) is 0 Å². The highest BCUT2D eigenvalue weighted by Gasteiger charge is 2.22. The predicted octanol–water partition coefficient (Wildman–Crippen LogP) is 4.19. The summed E-state index contributed by atoms with van der Waals surface area (Å²) >= 11 is 6.43. The number of hydrogen-bond acceptors (Lipinski definition) is 2. The molecule has 0 spiro atoms. The quantitative estimate of drug-likeness (QED) is 0.486. The molecule has 2 aliphatic rings. The minimum Gasteiger partial charge on any atom is -0.428 e. The Morgan fingerprint density at radius 1 is 0.947 bits per heavy atom. The van der Waals surface area contributed by atoms with Gasteiger partial charge in [0, 0.05) is 10.8 Å². The van der Waals surface area contributed by atoms with Gasteiger partial charge in [0.15, 0.2) is 0 Å². The van der Waals surface area contributed by atoms with Gasteiger partial charge < -0.3 is 5.21 Å². The fourth-order valence-corrected chi connectivity index (χ4v) is 2.82. The van der Waals surface area contributed by atoms with Crippen molar-refractivity contribution in [1.82, 2.24) is 9.71 Å². The van der Waals surface area contributed by atoms with Crippen molar-refractivity contribution >= 4 is 33.4 Å². The molecular weight excluding hydrogens is 260 g/mol. The third kappa shape index (κ3) is 1.30. The van der Waals surface area contributed by atoms with Gasteiger partial charge in [0.25, 0.3) is 0 Å². The number of fused-ring (bicyclic) bond motifs is 4. The molecule has 0 fully saturated rings. The zero-order valence-electron chi connectivity index (χ0n) is 9.84. The first-order valence-electron chi connectivity index (χ1n) is 5.94. The highest BCUT2D eigenvalue weighted by molar-refractivity contribution is 6.38. The van der Waals surface area contributed by atoms with Gasteiger partial charge in [0.05, 0.1) is 16.1 Å². The molecule has 0 saturated heterocycles. The van der Waals surface area contributed by atoms with E-state index in [4.69, 9.17) is 11.6 Å². The van der Waals surface area contributed by atoms with E-state index in [0.29, 0.717) is 21.9 Å². The Morgan fingerprint density at radius 3 is 2.47 bits per heavy atom. The molecule has 0 aromatic heterocycles. The van der Waals surface area contributed by atoms with Crippen molar-refractivity contribution in [3.63, 3.8) is 0 Å². The van der Waals surface area contributed by atoms with Crippen LogP contribution in [0.1, 0.15) is 0 Å². The van der Waals surface area contributed by atoms with E-state index in [0.717, 1.165) is 16.3 Å². The van der Waals surface area contributed by atoms with Crippen molar-refractivity contribution in [2.75, 3.05) is 0 Å². The molecule has 0 saturated carbocycles. The number of para-hydroxylation sites is 2. The smallest absolute Gasteiger partial charge is 0.117 e. The van der Waals surface area contributed by atoms with Crippen LogP contribution >= 0.6 is 11.6 Å². The van der Waals surface area contributed by atoms with Gasteiger partial charge in [-0.25, -0.2) is 4.98 Å². The zero-order valence-corrected chi connectivity index (χ0v) is 10.6. The van der Waals surface area contributed by atoms with Crippen LogP contribution in [0.25, 0.3) is 33.2 Å². The summed E-state index contributed by atoms with van der Waals surface area (Å²) in [7, 11) is 0. The average Bonchev–Trinajstić information content (AvgIpc) is 2.84. The Kier molecular flexibility index (Phi) is 2.03. The van der Waals surface area contributed by atoms with Crippen molar-refractivity contribution in [3.05, 3.63) is 53.6 Å². The van der Waals surface area contributed by atoms with Crippen LogP contribution in [0.15, 0.2) is 48.5 Å². The Bertz CT molecular complexity index is 897. The molecule has 0 amide bonds. The second-order valence-electron chi connectivity index (χ2n) is 4.47. The maximum atomic E-state index is 10.4. The first kappa shape index (κ1) is 10.6. The SMILES string of the molecule is On1c2c3ccccc3nc-2c(Cl)c2ccccc21. The lowest BCUT2D eigenvalue weighted by atomic mass is 10.1. The van der Waals surface area contributed by atoms with Crippen molar-refractivity contribution in [1.29, 1.82) is 0 Å². The lowest BCUT2D eigenvalue weighted by Gasteiger charge is -2.12. The number of aromatic nitrogens is 2. The molecule has 19 heavy (non-hydrogen) atoms. The Morgan fingerprint density at radius 2 is 1.63 bits per heavy atom.